The SMILES string of the molecule is CCCC[C@@H](C)CC(C)C.CCc1cc2c(Br)cn(-c3cccc(C4(C(=N)N(C)C=N)CC5(CC5)C4)c3)c(=O)c2[nH]1. The van der Waals surface area contributed by atoms with Crippen LogP contribution in [0.3, 0.4) is 0 Å². The number of hydrogen-bond acceptors (Lipinski definition) is 3. The Morgan fingerprint density at radius 2 is 1.90 bits per heavy atom. The summed E-state index contributed by atoms with van der Waals surface area (Å²) in [5.41, 5.74) is 3.37. The highest BCUT2D eigenvalue weighted by Crippen LogP contribution is 2.69. The van der Waals surface area contributed by atoms with E-state index in [-0.39, 0.29) is 5.56 Å². The molecule has 0 saturated heterocycles. The number of unbranched alkanes of at least 4 members (excludes halogenated alkanes) is 1. The number of nitrogens with one attached hydrogen (secondary N) is 3. The van der Waals surface area contributed by atoms with Gasteiger partial charge in [-0.2, -0.15) is 0 Å². The second-order valence-corrected chi connectivity index (χ2v) is 13.9. The summed E-state index contributed by atoms with van der Waals surface area (Å²) < 4.78 is 2.55. The first kappa shape index (κ1) is 31.3. The van der Waals surface area contributed by atoms with Gasteiger partial charge in [-0.25, -0.2) is 0 Å². The molecule has 1 spiro atoms. The van der Waals surface area contributed by atoms with Crippen LogP contribution in [0, 0.1) is 28.1 Å². The minimum Gasteiger partial charge on any atom is -0.354 e. The second kappa shape index (κ2) is 12.7. The van der Waals surface area contributed by atoms with Crippen molar-refractivity contribution in [2.45, 2.75) is 97.8 Å². The van der Waals surface area contributed by atoms with Crippen molar-refractivity contribution in [1.29, 1.82) is 10.8 Å². The van der Waals surface area contributed by atoms with Crippen LogP contribution in [0.1, 0.15) is 97.2 Å². The van der Waals surface area contributed by atoms with Crippen molar-refractivity contribution in [3.63, 3.8) is 0 Å². The number of benzene rings is 1. The van der Waals surface area contributed by atoms with Gasteiger partial charge in [0.1, 0.15) is 11.4 Å². The number of hydrogen-bond donors (Lipinski definition) is 3. The fraction of sp³-hybridized carbons (Fsp3) is 0.559. The minimum atomic E-state index is -0.397. The highest BCUT2D eigenvalue weighted by atomic mass is 79.9. The van der Waals surface area contributed by atoms with E-state index in [1.807, 2.05) is 30.5 Å². The molecule has 2 aliphatic rings. The Bertz CT molecular complexity index is 1440. The fourth-order valence-corrected chi connectivity index (χ4v) is 7.23. The third-order valence-corrected chi connectivity index (χ3v) is 9.73. The van der Waals surface area contributed by atoms with Crippen LogP contribution in [-0.2, 0) is 11.8 Å². The van der Waals surface area contributed by atoms with E-state index < -0.39 is 5.41 Å². The average Bonchev–Trinajstić information content (AvgIpc) is 3.60. The first-order chi connectivity index (χ1) is 19.5. The number of aryl methyl sites for hydroxylation is 1. The predicted octanol–water partition coefficient (Wildman–Crippen LogP) is 8.83. The minimum absolute atomic E-state index is 0.0805. The van der Waals surface area contributed by atoms with Crippen molar-refractivity contribution in [2.75, 3.05) is 7.05 Å². The molecule has 222 valence electrons. The molecule has 0 radical (unpaired) electrons. The quantitative estimate of drug-likeness (QED) is 0.156. The Morgan fingerprint density at radius 1 is 1.20 bits per heavy atom. The van der Waals surface area contributed by atoms with Gasteiger partial charge in [0.2, 0.25) is 0 Å². The maximum Gasteiger partial charge on any atom is 0.279 e. The summed E-state index contributed by atoms with van der Waals surface area (Å²) in [4.78, 5) is 18.1. The summed E-state index contributed by atoms with van der Waals surface area (Å²) in [6.07, 6.45) is 13.8. The van der Waals surface area contributed by atoms with Gasteiger partial charge in [-0.3, -0.25) is 20.2 Å². The largest absolute Gasteiger partial charge is 0.354 e. The van der Waals surface area contributed by atoms with Crippen LogP contribution in [0.15, 0.2) is 45.8 Å². The Morgan fingerprint density at radius 3 is 2.49 bits per heavy atom. The van der Waals surface area contributed by atoms with Gasteiger partial charge in [0.25, 0.3) is 5.56 Å². The number of rotatable bonds is 10. The second-order valence-electron chi connectivity index (χ2n) is 13.0. The molecule has 41 heavy (non-hydrogen) atoms. The molecule has 3 N–H and O–H groups in total. The average molecular weight is 623 g/mol. The summed E-state index contributed by atoms with van der Waals surface area (Å²) in [6, 6.07) is 10.0. The number of fused-ring (bicyclic) bond motifs is 1. The monoisotopic (exact) mass is 621 g/mol. The number of aromatic amines is 1. The molecule has 5 rings (SSSR count). The van der Waals surface area contributed by atoms with Crippen molar-refractivity contribution in [1.82, 2.24) is 14.5 Å². The standard InChI is InChI=1S/C24H26BrN5O.C10H22/c1-3-16-10-18-19(25)11-30(21(31)20(18)28-16)17-6-4-5-15(9-17)24(22(27)29(2)14-26)12-23(13-24)7-8-23;1-5-6-7-10(4)8-9(2)3/h4-6,9-11,14,26-28H,3,7-8,12-13H2,1-2H3;9-10H,5-8H2,1-4H3/t;10-/m.1/s1. The van der Waals surface area contributed by atoms with E-state index in [2.05, 4.69) is 61.6 Å². The van der Waals surface area contributed by atoms with Crippen molar-refractivity contribution in [2.24, 2.45) is 17.3 Å². The molecular formula is C34H48BrN5O. The van der Waals surface area contributed by atoms with Crippen LogP contribution in [0.5, 0.6) is 0 Å². The molecule has 1 atom stereocenters. The summed E-state index contributed by atoms with van der Waals surface area (Å²) in [5, 5.41) is 17.3. The number of nitrogens with zero attached hydrogens (tertiary/aromatic N) is 2. The van der Waals surface area contributed by atoms with Crippen molar-refractivity contribution < 1.29 is 0 Å². The van der Waals surface area contributed by atoms with Crippen LogP contribution < -0.4 is 5.56 Å². The molecule has 2 heterocycles. The lowest BCUT2D eigenvalue weighted by atomic mass is 9.55. The molecule has 2 fully saturated rings. The number of pyridine rings is 1. The Kier molecular flexibility index (Phi) is 9.67. The van der Waals surface area contributed by atoms with E-state index in [9.17, 15) is 4.79 Å². The third kappa shape index (κ3) is 6.55. The smallest absolute Gasteiger partial charge is 0.279 e. The van der Waals surface area contributed by atoms with Gasteiger partial charge in [-0.15, -0.1) is 0 Å². The molecule has 0 aliphatic heterocycles. The molecule has 2 saturated carbocycles. The zero-order valence-corrected chi connectivity index (χ0v) is 27.3. The van der Waals surface area contributed by atoms with E-state index >= 15 is 0 Å². The number of aromatic nitrogens is 2. The first-order valence-electron chi connectivity index (χ1n) is 15.3. The van der Waals surface area contributed by atoms with Gasteiger partial charge in [0.05, 0.1) is 11.8 Å². The van der Waals surface area contributed by atoms with Crippen LogP contribution in [-0.4, -0.2) is 33.7 Å². The normalized spacial score (nSPS) is 17.1. The summed E-state index contributed by atoms with van der Waals surface area (Å²) in [6.45, 7) is 11.3. The summed E-state index contributed by atoms with van der Waals surface area (Å²) in [5.74, 6) is 2.28. The number of H-pyrrole nitrogens is 1. The maximum atomic E-state index is 13.3. The van der Waals surface area contributed by atoms with Crippen molar-refractivity contribution in [3.05, 3.63) is 62.6 Å². The van der Waals surface area contributed by atoms with Crippen LogP contribution >= 0.6 is 15.9 Å². The zero-order valence-electron chi connectivity index (χ0n) is 25.7. The number of halogens is 1. The molecule has 6 nitrogen and oxygen atoms in total. The lowest BCUT2D eigenvalue weighted by molar-refractivity contribution is 0.174. The van der Waals surface area contributed by atoms with Gasteiger partial charge >= 0.3 is 0 Å². The summed E-state index contributed by atoms with van der Waals surface area (Å²) in [7, 11) is 1.77. The highest BCUT2D eigenvalue weighted by Gasteiger charge is 2.63. The highest BCUT2D eigenvalue weighted by molar-refractivity contribution is 9.10. The molecular weight excluding hydrogens is 574 g/mol. The van der Waals surface area contributed by atoms with Gasteiger partial charge in [0, 0.05) is 34.5 Å². The van der Waals surface area contributed by atoms with E-state index in [0.29, 0.717) is 16.8 Å². The van der Waals surface area contributed by atoms with Gasteiger partial charge < -0.3 is 9.88 Å². The van der Waals surface area contributed by atoms with Crippen LogP contribution in [0.2, 0.25) is 0 Å². The lowest BCUT2D eigenvalue weighted by Gasteiger charge is -2.50. The van der Waals surface area contributed by atoms with Crippen LogP contribution in [0.4, 0.5) is 0 Å². The summed E-state index contributed by atoms with van der Waals surface area (Å²) >= 11 is 3.63. The molecule has 2 aromatic heterocycles. The molecule has 2 aliphatic carbocycles. The number of likely N-dealkylation sites (N-methyl/N-ethyl adjacent to an activating group) is 1. The molecule has 0 amide bonds. The van der Waals surface area contributed by atoms with E-state index in [1.165, 1.54) is 44.9 Å². The van der Waals surface area contributed by atoms with Crippen molar-refractivity contribution >= 4 is 39.0 Å². The zero-order chi connectivity index (χ0) is 29.9. The first-order valence-corrected chi connectivity index (χ1v) is 16.1. The lowest BCUT2D eigenvalue weighted by Crippen LogP contribution is -2.53. The van der Waals surface area contributed by atoms with Crippen LogP contribution in [0.25, 0.3) is 16.6 Å². The molecule has 3 aromatic rings. The topological polar surface area (TPSA) is 88.7 Å². The fourth-order valence-electron chi connectivity index (χ4n) is 6.71. The Balaban J connectivity index is 0.000000334. The molecule has 0 unspecified atom stereocenters. The third-order valence-electron chi connectivity index (χ3n) is 9.10. The molecule has 0 bridgehead atoms. The van der Waals surface area contributed by atoms with Crippen molar-refractivity contribution in [3.8, 4) is 5.69 Å². The van der Waals surface area contributed by atoms with E-state index in [1.54, 1.807) is 16.5 Å². The predicted molar refractivity (Wildman–Crippen MR) is 176 cm³/mol. The Hall–Kier alpha value is -2.67. The number of amidine groups is 1. The maximum absolute atomic E-state index is 13.3. The van der Waals surface area contributed by atoms with E-state index in [0.717, 1.165) is 57.9 Å². The Labute approximate surface area is 254 Å². The molecule has 7 heteroatoms. The van der Waals surface area contributed by atoms with Gasteiger partial charge in [-0.1, -0.05) is 66.0 Å². The van der Waals surface area contributed by atoms with Gasteiger partial charge in [-0.05, 0) is 95.5 Å². The van der Waals surface area contributed by atoms with Gasteiger partial charge in [0.15, 0.2) is 0 Å². The van der Waals surface area contributed by atoms with E-state index in [4.69, 9.17) is 10.8 Å². The molecule has 1 aromatic carbocycles.